The number of rotatable bonds is 7. The molecule has 0 radical (unpaired) electrons. The quantitative estimate of drug-likeness (QED) is 0.318. The van der Waals surface area contributed by atoms with Crippen molar-refractivity contribution < 1.29 is 9.53 Å². The molecule has 1 amide bonds. The first-order chi connectivity index (χ1) is 15.1. The lowest BCUT2D eigenvalue weighted by Gasteiger charge is -2.18. The number of ether oxygens (including phenoxy) is 1. The fourth-order valence-corrected chi connectivity index (χ4v) is 4.39. The van der Waals surface area contributed by atoms with Crippen molar-refractivity contribution in [3.8, 4) is 5.75 Å². The van der Waals surface area contributed by atoms with Crippen molar-refractivity contribution in [1.82, 2.24) is 9.97 Å². The summed E-state index contributed by atoms with van der Waals surface area (Å²) in [7, 11) is 0. The predicted molar refractivity (Wildman–Crippen MR) is 127 cm³/mol. The highest BCUT2D eigenvalue weighted by Gasteiger charge is 2.18. The Morgan fingerprint density at radius 3 is 2.48 bits per heavy atom. The van der Waals surface area contributed by atoms with Crippen LogP contribution in [0.5, 0.6) is 5.75 Å². The molecule has 0 aliphatic carbocycles. The Bertz CT molecular complexity index is 1200. The zero-order valence-electron chi connectivity index (χ0n) is 17.2. The molecule has 4 aromatic rings. The molecule has 0 saturated heterocycles. The molecule has 156 valence electrons. The second-order valence-corrected chi connectivity index (χ2v) is 8.70. The van der Waals surface area contributed by atoms with E-state index in [1.807, 2.05) is 79.2 Å². The Hall–Kier alpha value is -3.29. The number of anilines is 2. The van der Waals surface area contributed by atoms with E-state index in [2.05, 4.69) is 9.97 Å². The number of amides is 1. The van der Waals surface area contributed by atoms with Crippen LogP contribution in [-0.2, 0) is 11.4 Å². The number of hydrogen-bond donors (Lipinski definition) is 0. The average molecular weight is 448 g/mol. The van der Waals surface area contributed by atoms with Gasteiger partial charge in [0.15, 0.2) is 5.13 Å². The van der Waals surface area contributed by atoms with E-state index in [1.54, 1.807) is 28.4 Å². The summed E-state index contributed by atoms with van der Waals surface area (Å²) >= 11 is 3.04. The van der Waals surface area contributed by atoms with Gasteiger partial charge in [0.05, 0.1) is 22.1 Å². The van der Waals surface area contributed by atoms with Gasteiger partial charge in [-0.05, 0) is 38.1 Å². The predicted octanol–water partition coefficient (Wildman–Crippen LogP) is 6.17. The lowest BCUT2D eigenvalue weighted by Crippen LogP contribution is -2.23. The zero-order valence-corrected chi connectivity index (χ0v) is 18.8. The number of para-hydroxylation sites is 2. The van der Waals surface area contributed by atoms with Crippen molar-refractivity contribution in [3.63, 3.8) is 0 Å². The van der Waals surface area contributed by atoms with Crippen molar-refractivity contribution in [2.75, 3.05) is 4.90 Å². The minimum Gasteiger partial charge on any atom is -0.487 e. The summed E-state index contributed by atoms with van der Waals surface area (Å²) < 4.78 is 5.96. The zero-order chi connectivity index (χ0) is 21.6. The van der Waals surface area contributed by atoms with Crippen molar-refractivity contribution in [1.29, 1.82) is 0 Å². The molecule has 31 heavy (non-hydrogen) atoms. The first-order valence-corrected chi connectivity index (χ1v) is 11.5. The van der Waals surface area contributed by atoms with Crippen LogP contribution in [0.25, 0.3) is 6.08 Å². The highest BCUT2D eigenvalue weighted by atomic mass is 32.1. The number of nitrogens with zero attached hydrogens (tertiary/aromatic N) is 3. The summed E-state index contributed by atoms with van der Waals surface area (Å²) in [4.78, 5) is 23.7. The van der Waals surface area contributed by atoms with Crippen LogP contribution in [0, 0.1) is 13.8 Å². The molecule has 0 bridgehead atoms. The molecule has 4 rings (SSSR count). The monoisotopic (exact) mass is 447 g/mol. The highest BCUT2D eigenvalue weighted by molar-refractivity contribution is 7.14. The smallest absolute Gasteiger partial charge is 0.257 e. The maximum absolute atomic E-state index is 13.2. The van der Waals surface area contributed by atoms with Gasteiger partial charge in [0, 0.05) is 22.4 Å². The fourth-order valence-electron chi connectivity index (χ4n) is 2.96. The van der Waals surface area contributed by atoms with Gasteiger partial charge in [-0.1, -0.05) is 36.4 Å². The summed E-state index contributed by atoms with van der Waals surface area (Å²) in [5.74, 6) is 0.527. The van der Waals surface area contributed by atoms with Gasteiger partial charge in [0.25, 0.3) is 5.91 Å². The molecule has 0 unspecified atom stereocenters. The summed E-state index contributed by atoms with van der Waals surface area (Å²) in [6.45, 7) is 4.28. The van der Waals surface area contributed by atoms with Crippen LogP contribution < -0.4 is 9.64 Å². The molecule has 2 aromatic carbocycles. The van der Waals surface area contributed by atoms with Crippen LogP contribution in [0.15, 0.2) is 71.4 Å². The normalized spacial score (nSPS) is 11.0. The van der Waals surface area contributed by atoms with Crippen LogP contribution in [0.3, 0.4) is 0 Å². The molecule has 0 atom stereocenters. The Morgan fingerprint density at radius 1 is 1.00 bits per heavy atom. The molecule has 2 heterocycles. The number of benzene rings is 2. The Morgan fingerprint density at radius 2 is 1.77 bits per heavy atom. The van der Waals surface area contributed by atoms with Gasteiger partial charge in [0.2, 0.25) is 0 Å². The number of carbonyl (C=O) groups excluding carboxylic acids is 1. The third-order valence-electron chi connectivity index (χ3n) is 4.40. The number of aromatic nitrogens is 2. The lowest BCUT2D eigenvalue weighted by atomic mass is 10.2. The molecule has 0 aliphatic rings. The summed E-state index contributed by atoms with van der Waals surface area (Å²) in [5.41, 5.74) is 3.38. The molecule has 5 nitrogen and oxygen atoms in total. The SMILES string of the molecule is Cc1csc(N(C(=O)/C=C/c2ccccc2OCc2csc(C)n2)c2ccccc2)n1. The summed E-state index contributed by atoms with van der Waals surface area (Å²) in [6, 6.07) is 17.2. The van der Waals surface area contributed by atoms with E-state index < -0.39 is 0 Å². The number of hydrogen-bond acceptors (Lipinski definition) is 6. The van der Waals surface area contributed by atoms with E-state index >= 15 is 0 Å². The standard InChI is InChI=1S/C24H21N3O2S2/c1-17-15-31-24(25-17)27(21-9-4-3-5-10-21)23(28)13-12-19-8-6-7-11-22(19)29-14-20-16-30-18(2)26-20/h3-13,15-16H,14H2,1-2H3/b13-12+. The van der Waals surface area contributed by atoms with Gasteiger partial charge in [-0.15, -0.1) is 22.7 Å². The first kappa shape index (κ1) is 21.0. The van der Waals surface area contributed by atoms with E-state index in [0.717, 1.165) is 27.6 Å². The minimum atomic E-state index is -0.175. The van der Waals surface area contributed by atoms with Gasteiger partial charge >= 0.3 is 0 Å². The van der Waals surface area contributed by atoms with E-state index in [9.17, 15) is 4.79 Å². The van der Waals surface area contributed by atoms with Gasteiger partial charge in [-0.25, -0.2) is 9.97 Å². The maximum Gasteiger partial charge on any atom is 0.257 e. The van der Waals surface area contributed by atoms with Gasteiger partial charge in [-0.3, -0.25) is 9.69 Å². The van der Waals surface area contributed by atoms with Crippen LogP contribution in [0.2, 0.25) is 0 Å². The first-order valence-electron chi connectivity index (χ1n) is 9.72. The Labute approximate surface area is 189 Å². The maximum atomic E-state index is 13.2. The topological polar surface area (TPSA) is 55.3 Å². The Balaban J connectivity index is 1.56. The number of thiazole rings is 2. The van der Waals surface area contributed by atoms with Crippen molar-refractivity contribution in [2.24, 2.45) is 0 Å². The van der Waals surface area contributed by atoms with Crippen LogP contribution in [-0.4, -0.2) is 15.9 Å². The molecule has 0 fully saturated rings. The third kappa shape index (κ3) is 5.25. The summed E-state index contributed by atoms with van der Waals surface area (Å²) in [5, 5.41) is 5.58. The van der Waals surface area contributed by atoms with Gasteiger partial charge in [0.1, 0.15) is 12.4 Å². The van der Waals surface area contributed by atoms with Crippen molar-refractivity contribution >= 4 is 45.5 Å². The van der Waals surface area contributed by atoms with Crippen LogP contribution in [0.4, 0.5) is 10.8 Å². The van der Waals surface area contributed by atoms with Gasteiger partial charge in [-0.2, -0.15) is 0 Å². The number of aryl methyl sites for hydroxylation is 2. The van der Waals surface area contributed by atoms with Crippen LogP contribution in [0.1, 0.15) is 22.0 Å². The average Bonchev–Trinajstić information content (AvgIpc) is 3.40. The third-order valence-corrected chi connectivity index (χ3v) is 6.17. The van der Waals surface area contributed by atoms with Crippen LogP contribution >= 0.6 is 22.7 Å². The number of carbonyl (C=O) groups is 1. The Kier molecular flexibility index (Phi) is 6.54. The molecule has 0 N–H and O–H groups in total. The molecular weight excluding hydrogens is 426 g/mol. The summed E-state index contributed by atoms with van der Waals surface area (Å²) in [6.07, 6.45) is 3.33. The molecule has 2 aromatic heterocycles. The van der Waals surface area contributed by atoms with E-state index in [1.165, 1.54) is 11.3 Å². The highest BCUT2D eigenvalue weighted by Crippen LogP contribution is 2.29. The van der Waals surface area contributed by atoms with Crippen molar-refractivity contribution in [3.05, 3.63) is 93.4 Å². The molecule has 0 spiro atoms. The largest absolute Gasteiger partial charge is 0.487 e. The second kappa shape index (κ2) is 9.68. The van der Waals surface area contributed by atoms with E-state index in [4.69, 9.17) is 4.74 Å². The van der Waals surface area contributed by atoms with Crippen molar-refractivity contribution in [2.45, 2.75) is 20.5 Å². The minimum absolute atomic E-state index is 0.175. The van der Waals surface area contributed by atoms with Gasteiger partial charge < -0.3 is 4.74 Å². The lowest BCUT2D eigenvalue weighted by molar-refractivity contribution is -0.113. The molecule has 0 saturated carbocycles. The van der Waals surface area contributed by atoms with E-state index in [-0.39, 0.29) is 5.91 Å². The van der Waals surface area contributed by atoms with E-state index in [0.29, 0.717) is 17.5 Å². The molecule has 0 aliphatic heterocycles. The fraction of sp³-hybridized carbons (Fsp3) is 0.125. The molecular formula is C24H21N3O2S2. The second-order valence-electron chi connectivity index (χ2n) is 6.80. The molecule has 7 heteroatoms.